The van der Waals surface area contributed by atoms with Crippen LogP contribution in [0.15, 0.2) is 12.2 Å². The number of rotatable bonds is 6. The number of aliphatic hydroxyl groups is 1. The fourth-order valence-corrected chi connectivity index (χ4v) is 2.44. The van der Waals surface area contributed by atoms with E-state index in [-0.39, 0.29) is 78.7 Å². The number of esters is 1. The molecule has 0 spiro atoms. The Morgan fingerprint density at radius 2 is 1.64 bits per heavy atom. The van der Waals surface area contributed by atoms with Gasteiger partial charge in [-0.3, -0.25) is 4.79 Å². The van der Waals surface area contributed by atoms with Gasteiger partial charge in [-0.05, 0) is 11.8 Å². The van der Waals surface area contributed by atoms with Crippen molar-refractivity contribution in [1.29, 1.82) is 0 Å². The van der Waals surface area contributed by atoms with Crippen LogP contribution in [0.2, 0.25) is 0 Å². The van der Waals surface area contributed by atoms with Gasteiger partial charge in [0.05, 0.1) is 13.0 Å². The number of hydrogen-bond donors (Lipinski definition) is 1. The molecule has 1 aliphatic carbocycles. The summed E-state index contributed by atoms with van der Waals surface area (Å²) in [5.41, 5.74) is 0. The molecule has 1 aliphatic rings. The zero-order valence-corrected chi connectivity index (χ0v) is 17.0. The summed E-state index contributed by atoms with van der Waals surface area (Å²) in [6.45, 7) is 1.04. The molecule has 7 nitrogen and oxygen atoms in total. The molecule has 4 atom stereocenters. The van der Waals surface area contributed by atoms with Crippen LogP contribution in [0.25, 0.3) is 0 Å². The van der Waals surface area contributed by atoms with Gasteiger partial charge in [0.25, 0.3) is 0 Å². The maximum absolute atomic E-state index is 11.5. The molecule has 0 bridgehead atoms. The number of hydrogen-bond acceptors (Lipinski definition) is 7. The normalized spacial score (nSPS) is 26.3. The van der Waals surface area contributed by atoms with E-state index in [1.165, 1.54) is 6.08 Å². The van der Waals surface area contributed by atoms with Crippen LogP contribution in [0, 0.1) is 23.7 Å². The van der Waals surface area contributed by atoms with E-state index in [0.717, 1.165) is 0 Å². The molecular formula is C13H16Na2O7. The quantitative estimate of drug-likeness (QED) is 0.291. The van der Waals surface area contributed by atoms with E-state index >= 15 is 0 Å². The summed E-state index contributed by atoms with van der Waals surface area (Å²) in [5.74, 6) is -7.66. The Hall–Kier alpha value is 0.110. The summed E-state index contributed by atoms with van der Waals surface area (Å²) < 4.78 is 4.65. The minimum absolute atomic E-state index is 0. The molecule has 112 valence electrons. The SMILES string of the molecule is CC1C=CC(CC(=O)OCCO)C(C(=O)[O-])C1C(=O)[O-].[Na+].[Na+]. The van der Waals surface area contributed by atoms with Gasteiger partial charge in [-0.15, -0.1) is 0 Å². The van der Waals surface area contributed by atoms with Crippen molar-refractivity contribution in [1.82, 2.24) is 0 Å². The second kappa shape index (κ2) is 11.6. The van der Waals surface area contributed by atoms with Gasteiger partial charge in [0.2, 0.25) is 0 Å². The molecule has 0 aliphatic heterocycles. The molecule has 0 amide bonds. The molecular weight excluding hydrogens is 314 g/mol. The summed E-state index contributed by atoms with van der Waals surface area (Å²) in [6, 6.07) is 0. The Morgan fingerprint density at radius 1 is 1.09 bits per heavy atom. The van der Waals surface area contributed by atoms with Crippen molar-refractivity contribution in [2.45, 2.75) is 13.3 Å². The van der Waals surface area contributed by atoms with E-state index in [2.05, 4.69) is 4.74 Å². The molecule has 0 saturated carbocycles. The summed E-state index contributed by atoms with van der Waals surface area (Å²) >= 11 is 0. The molecule has 0 radical (unpaired) electrons. The standard InChI is InChI=1S/C13H18O7.2Na/c1-7-2-3-8(6-9(15)20-5-4-14)11(13(18)19)10(7)12(16)17;;/h2-3,7-8,10-11,14H,4-6H2,1H3,(H,16,17)(H,18,19);;/q;2*+1/p-2. The second-order valence-corrected chi connectivity index (χ2v) is 4.75. The summed E-state index contributed by atoms with van der Waals surface area (Å²) in [6.07, 6.45) is 2.75. The number of ether oxygens (including phenoxy) is 1. The Kier molecular flexibility index (Phi) is 12.9. The van der Waals surface area contributed by atoms with Gasteiger partial charge >= 0.3 is 65.1 Å². The van der Waals surface area contributed by atoms with E-state index in [1.54, 1.807) is 13.0 Å². The first kappa shape index (κ1) is 24.4. The van der Waals surface area contributed by atoms with Gasteiger partial charge in [0.15, 0.2) is 0 Å². The second-order valence-electron chi connectivity index (χ2n) is 4.75. The molecule has 0 saturated heterocycles. The number of carbonyl (C=O) groups is 3. The van der Waals surface area contributed by atoms with Crippen molar-refractivity contribution in [3.63, 3.8) is 0 Å². The van der Waals surface area contributed by atoms with E-state index < -0.39 is 41.6 Å². The van der Waals surface area contributed by atoms with Crippen molar-refractivity contribution >= 4 is 17.9 Å². The zero-order valence-electron chi connectivity index (χ0n) is 13.0. The van der Waals surface area contributed by atoms with E-state index in [9.17, 15) is 24.6 Å². The molecule has 4 unspecified atom stereocenters. The van der Waals surface area contributed by atoms with Gasteiger partial charge in [-0.2, -0.15) is 0 Å². The molecule has 0 fully saturated rings. The number of carbonyl (C=O) groups excluding carboxylic acids is 3. The van der Waals surface area contributed by atoms with Crippen LogP contribution >= 0.6 is 0 Å². The van der Waals surface area contributed by atoms with Crippen molar-refractivity contribution < 1.29 is 93.6 Å². The number of carboxylic acids is 2. The van der Waals surface area contributed by atoms with E-state index in [0.29, 0.717) is 0 Å². The maximum Gasteiger partial charge on any atom is 1.00 e. The van der Waals surface area contributed by atoms with Crippen LogP contribution in [-0.2, 0) is 19.1 Å². The molecule has 0 aromatic carbocycles. The molecule has 0 aromatic rings. The maximum atomic E-state index is 11.5. The van der Waals surface area contributed by atoms with Crippen LogP contribution < -0.4 is 69.3 Å². The number of carboxylic acid groups (broad SMARTS) is 2. The molecule has 9 heteroatoms. The minimum Gasteiger partial charge on any atom is -0.550 e. The molecule has 0 aromatic heterocycles. The Morgan fingerprint density at radius 3 is 2.09 bits per heavy atom. The first-order chi connectivity index (χ1) is 9.38. The fourth-order valence-electron chi connectivity index (χ4n) is 2.44. The Labute approximate surface area is 172 Å². The van der Waals surface area contributed by atoms with E-state index in [1.807, 2.05) is 0 Å². The third-order valence-electron chi connectivity index (χ3n) is 3.38. The van der Waals surface area contributed by atoms with Gasteiger partial charge < -0.3 is 29.6 Å². The van der Waals surface area contributed by atoms with Crippen LogP contribution in [-0.4, -0.2) is 36.2 Å². The number of allylic oxidation sites excluding steroid dienone is 2. The first-order valence-corrected chi connectivity index (χ1v) is 6.25. The van der Waals surface area contributed by atoms with Crippen LogP contribution in [0.5, 0.6) is 0 Å². The topological polar surface area (TPSA) is 127 Å². The predicted octanol–water partition coefficient (Wildman–Crippen LogP) is -8.53. The number of aliphatic hydroxyl groups excluding tert-OH is 1. The van der Waals surface area contributed by atoms with Crippen molar-refractivity contribution in [3.8, 4) is 0 Å². The van der Waals surface area contributed by atoms with Crippen molar-refractivity contribution in [3.05, 3.63) is 12.2 Å². The summed E-state index contributed by atoms with van der Waals surface area (Å²) in [7, 11) is 0. The van der Waals surface area contributed by atoms with Gasteiger partial charge in [-0.1, -0.05) is 19.1 Å². The van der Waals surface area contributed by atoms with Crippen molar-refractivity contribution in [2.24, 2.45) is 23.7 Å². The van der Waals surface area contributed by atoms with Gasteiger partial charge in [0, 0.05) is 23.8 Å². The zero-order chi connectivity index (χ0) is 15.3. The molecule has 22 heavy (non-hydrogen) atoms. The van der Waals surface area contributed by atoms with Gasteiger partial charge in [-0.25, -0.2) is 0 Å². The Balaban J connectivity index is 0. The summed E-state index contributed by atoms with van der Waals surface area (Å²) in [5, 5.41) is 30.8. The van der Waals surface area contributed by atoms with Crippen LogP contribution in [0.3, 0.4) is 0 Å². The smallest absolute Gasteiger partial charge is 0.550 e. The van der Waals surface area contributed by atoms with Crippen molar-refractivity contribution in [2.75, 3.05) is 13.2 Å². The Bertz CT molecular complexity index is 425. The number of aliphatic carboxylic acids is 2. The van der Waals surface area contributed by atoms with Crippen LogP contribution in [0.1, 0.15) is 13.3 Å². The molecule has 1 N–H and O–H groups in total. The van der Waals surface area contributed by atoms with Crippen LogP contribution in [0.4, 0.5) is 0 Å². The molecule has 0 heterocycles. The minimum atomic E-state index is -1.53. The average molecular weight is 330 g/mol. The monoisotopic (exact) mass is 330 g/mol. The predicted molar refractivity (Wildman–Crippen MR) is 61.4 cm³/mol. The van der Waals surface area contributed by atoms with E-state index in [4.69, 9.17) is 5.11 Å². The third kappa shape index (κ3) is 6.70. The molecule has 1 rings (SSSR count). The van der Waals surface area contributed by atoms with Gasteiger partial charge in [0.1, 0.15) is 6.61 Å². The largest absolute Gasteiger partial charge is 1.00 e. The first-order valence-electron chi connectivity index (χ1n) is 6.25. The summed E-state index contributed by atoms with van der Waals surface area (Å²) in [4.78, 5) is 33.7. The average Bonchev–Trinajstić information content (AvgIpc) is 2.37. The third-order valence-corrected chi connectivity index (χ3v) is 3.38. The fraction of sp³-hybridized carbons (Fsp3) is 0.615.